The molecule has 1 aliphatic carbocycles. The van der Waals surface area contributed by atoms with Gasteiger partial charge in [0.05, 0.1) is 16.3 Å². The summed E-state index contributed by atoms with van der Waals surface area (Å²) in [5.74, 6) is -0.109. The average Bonchev–Trinajstić information content (AvgIpc) is 3.65. The molecule has 34 heavy (non-hydrogen) atoms. The lowest BCUT2D eigenvalue weighted by atomic mass is 9.80. The molecule has 1 saturated carbocycles. The Bertz CT molecular complexity index is 1220. The van der Waals surface area contributed by atoms with Crippen LogP contribution in [0.25, 0.3) is 0 Å². The van der Waals surface area contributed by atoms with Crippen LogP contribution in [0.5, 0.6) is 0 Å². The summed E-state index contributed by atoms with van der Waals surface area (Å²) < 4.78 is 29.8. The van der Waals surface area contributed by atoms with Crippen LogP contribution < -0.4 is 9.62 Å². The molecule has 0 radical (unpaired) electrons. The van der Waals surface area contributed by atoms with Gasteiger partial charge in [0.1, 0.15) is 6.04 Å². The van der Waals surface area contributed by atoms with Crippen LogP contribution >= 0.6 is 11.6 Å². The number of benzene rings is 2. The number of hydrogen-bond acceptors (Lipinski definition) is 4. The van der Waals surface area contributed by atoms with Crippen LogP contribution in [0.1, 0.15) is 43.7 Å². The van der Waals surface area contributed by atoms with Gasteiger partial charge >= 0.3 is 0 Å². The van der Waals surface area contributed by atoms with Crippen LogP contribution in [0.3, 0.4) is 0 Å². The SMILES string of the molecule is Cc1cc(S(=O)(=O)N2c3ccccc3NC(=O)[C@H]2C(C)C2CCN(C3CC3)CC2)c(C)cc1Cl. The van der Waals surface area contributed by atoms with Crippen molar-refractivity contribution in [2.24, 2.45) is 11.8 Å². The van der Waals surface area contributed by atoms with E-state index in [4.69, 9.17) is 11.6 Å². The van der Waals surface area contributed by atoms with E-state index in [2.05, 4.69) is 10.2 Å². The summed E-state index contributed by atoms with van der Waals surface area (Å²) in [7, 11) is -4.02. The predicted octanol–water partition coefficient (Wildman–Crippen LogP) is 4.98. The Kier molecular flexibility index (Phi) is 6.15. The standard InChI is InChI=1S/C26H32ClN3O3S/c1-16-15-24(17(2)14-21(16)27)34(32,33)30-23-7-5-4-6-22(23)28-26(31)25(30)18(3)19-10-12-29(13-11-19)20-8-9-20/h4-7,14-15,18-20,25H,8-13H2,1-3H3,(H,28,31)/t18?,25-/m1/s1. The van der Waals surface area contributed by atoms with Crippen molar-refractivity contribution >= 4 is 38.9 Å². The number of likely N-dealkylation sites (tertiary alicyclic amines) is 1. The molecule has 5 rings (SSSR count). The highest BCUT2D eigenvalue weighted by molar-refractivity contribution is 7.93. The first-order valence-electron chi connectivity index (χ1n) is 12.1. The highest BCUT2D eigenvalue weighted by Crippen LogP contribution is 2.42. The minimum atomic E-state index is -4.02. The van der Waals surface area contributed by atoms with Gasteiger partial charge in [-0.15, -0.1) is 0 Å². The molecule has 2 aromatic carbocycles. The second kappa shape index (κ2) is 8.85. The lowest BCUT2D eigenvalue weighted by molar-refractivity contribution is -0.119. The normalized spacial score (nSPS) is 22.9. The number of hydrogen-bond donors (Lipinski definition) is 1. The molecule has 1 unspecified atom stereocenters. The van der Waals surface area contributed by atoms with Gasteiger partial charge < -0.3 is 10.2 Å². The van der Waals surface area contributed by atoms with Crippen molar-refractivity contribution in [2.45, 2.75) is 63.4 Å². The van der Waals surface area contributed by atoms with E-state index < -0.39 is 16.1 Å². The number of para-hydroxylation sites is 2. The zero-order chi connectivity index (χ0) is 24.2. The summed E-state index contributed by atoms with van der Waals surface area (Å²) in [6.45, 7) is 7.63. The third-order valence-corrected chi connectivity index (χ3v) is 10.1. The Morgan fingerprint density at radius 1 is 1.03 bits per heavy atom. The van der Waals surface area contributed by atoms with Crippen molar-refractivity contribution in [3.05, 3.63) is 52.5 Å². The van der Waals surface area contributed by atoms with Crippen LogP contribution in [0.15, 0.2) is 41.3 Å². The number of piperidine rings is 1. The molecule has 2 atom stereocenters. The third-order valence-electron chi connectivity index (χ3n) is 7.79. The van der Waals surface area contributed by atoms with Crippen molar-refractivity contribution in [3.63, 3.8) is 0 Å². The Balaban J connectivity index is 1.55. The van der Waals surface area contributed by atoms with E-state index in [1.807, 2.05) is 13.0 Å². The number of nitrogens with one attached hydrogen (secondary N) is 1. The Morgan fingerprint density at radius 3 is 2.38 bits per heavy atom. The van der Waals surface area contributed by atoms with Crippen molar-refractivity contribution < 1.29 is 13.2 Å². The minimum absolute atomic E-state index is 0.127. The Morgan fingerprint density at radius 2 is 1.71 bits per heavy atom. The Labute approximate surface area is 207 Å². The van der Waals surface area contributed by atoms with E-state index in [0.717, 1.165) is 32.0 Å². The second-order valence-corrected chi connectivity index (χ2v) is 12.3. The first-order chi connectivity index (χ1) is 16.2. The van der Waals surface area contributed by atoms with Gasteiger partial charge in [-0.25, -0.2) is 8.42 Å². The van der Waals surface area contributed by atoms with E-state index in [1.54, 1.807) is 44.2 Å². The first-order valence-corrected chi connectivity index (χ1v) is 14.0. The largest absolute Gasteiger partial charge is 0.322 e. The van der Waals surface area contributed by atoms with Gasteiger partial charge in [0.2, 0.25) is 5.91 Å². The van der Waals surface area contributed by atoms with E-state index in [1.165, 1.54) is 17.1 Å². The van der Waals surface area contributed by atoms with Gasteiger partial charge in [0.15, 0.2) is 0 Å². The molecule has 1 amide bonds. The molecular weight excluding hydrogens is 470 g/mol. The molecule has 0 spiro atoms. The number of carbonyl (C=O) groups is 1. The van der Waals surface area contributed by atoms with E-state index in [0.29, 0.717) is 27.5 Å². The predicted molar refractivity (Wildman–Crippen MR) is 136 cm³/mol. The second-order valence-electron chi connectivity index (χ2n) is 10.1. The topological polar surface area (TPSA) is 69.7 Å². The van der Waals surface area contributed by atoms with E-state index in [-0.39, 0.29) is 22.6 Å². The molecule has 8 heteroatoms. The molecule has 0 aromatic heterocycles. The molecule has 2 aromatic rings. The number of carbonyl (C=O) groups excluding carboxylic acids is 1. The molecule has 2 heterocycles. The number of rotatable bonds is 5. The van der Waals surface area contributed by atoms with Gasteiger partial charge in [-0.3, -0.25) is 9.10 Å². The number of sulfonamides is 1. The van der Waals surface area contributed by atoms with Gasteiger partial charge in [-0.1, -0.05) is 30.7 Å². The van der Waals surface area contributed by atoms with Crippen LogP contribution in [-0.2, 0) is 14.8 Å². The van der Waals surface area contributed by atoms with Crippen molar-refractivity contribution in [1.82, 2.24) is 4.90 Å². The molecule has 0 bridgehead atoms. The molecule has 2 aliphatic heterocycles. The lowest BCUT2D eigenvalue weighted by Gasteiger charge is -2.44. The van der Waals surface area contributed by atoms with Crippen molar-refractivity contribution in [1.29, 1.82) is 0 Å². The van der Waals surface area contributed by atoms with Crippen LogP contribution in [-0.4, -0.2) is 44.4 Å². The monoisotopic (exact) mass is 501 g/mol. The summed E-state index contributed by atoms with van der Waals surface area (Å²) in [6.07, 6.45) is 4.54. The zero-order valence-corrected chi connectivity index (χ0v) is 21.5. The highest BCUT2D eigenvalue weighted by Gasteiger charge is 2.46. The maximum atomic E-state index is 14.2. The molecule has 182 valence electrons. The van der Waals surface area contributed by atoms with Crippen LogP contribution in [0.4, 0.5) is 11.4 Å². The number of amides is 1. The quantitative estimate of drug-likeness (QED) is 0.627. The lowest BCUT2D eigenvalue weighted by Crippen LogP contribution is -2.56. The summed E-state index contributed by atoms with van der Waals surface area (Å²) in [6, 6.07) is 10.4. The average molecular weight is 502 g/mol. The van der Waals surface area contributed by atoms with Gasteiger partial charge in [-0.05, 0) is 99.8 Å². The van der Waals surface area contributed by atoms with Gasteiger partial charge in [0.25, 0.3) is 10.0 Å². The van der Waals surface area contributed by atoms with Gasteiger partial charge in [0, 0.05) is 11.1 Å². The van der Waals surface area contributed by atoms with E-state index in [9.17, 15) is 13.2 Å². The minimum Gasteiger partial charge on any atom is -0.322 e. The van der Waals surface area contributed by atoms with Crippen molar-refractivity contribution in [3.8, 4) is 0 Å². The summed E-state index contributed by atoms with van der Waals surface area (Å²) in [5.41, 5.74) is 2.30. The molecule has 1 N–H and O–H groups in total. The van der Waals surface area contributed by atoms with E-state index >= 15 is 0 Å². The summed E-state index contributed by atoms with van der Waals surface area (Å²) >= 11 is 6.27. The molecule has 3 aliphatic rings. The fourth-order valence-corrected chi connectivity index (χ4v) is 7.84. The number of anilines is 2. The molecule has 6 nitrogen and oxygen atoms in total. The number of nitrogens with zero attached hydrogens (tertiary/aromatic N) is 2. The maximum Gasteiger partial charge on any atom is 0.265 e. The fourth-order valence-electron chi connectivity index (χ4n) is 5.61. The number of halogens is 1. The molecule has 1 saturated heterocycles. The maximum absolute atomic E-state index is 14.2. The highest BCUT2D eigenvalue weighted by atomic mass is 35.5. The Hall–Kier alpha value is -2.09. The van der Waals surface area contributed by atoms with Gasteiger partial charge in [-0.2, -0.15) is 0 Å². The molecule has 2 fully saturated rings. The number of fused-ring (bicyclic) bond motifs is 1. The summed E-state index contributed by atoms with van der Waals surface area (Å²) in [5, 5.41) is 3.51. The van der Waals surface area contributed by atoms with Crippen LogP contribution in [0.2, 0.25) is 5.02 Å². The van der Waals surface area contributed by atoms with Crippen LogP contribution in [0, 0.1) is 25.7 Å². The third kappa shape index (κ3) is 4.12. The fraction of sp³-hybridized carbons (Fsp3) is 0.500. The number of aryl methyl sites for hydroxylation is 2. The smallest absolute Gasteiger partial charge is 0.265 e. The van der Waals surface area contributed by atoms with Crippen molar-refractivity contribution in [2.75, 3.05) is 22.7 Å². The first kappa shape index (κ1) is 23.6. The molecular formula is C26H32ClN3O3S. The summed E-state index contributed by atoms with van der Waals surface area (Å²) in [4.78, 5) is 16.2. The zero-order valence-electron chi connectivity index (χ0n) is 19.9.